The molecule has 0 aromatic carbocycles. The molecule has 2 N–H and O–H groups in total. The van der Waals surface area contributed by atoms with E-state index >= 15 is 0 Å². The molecule has 1 unspecified atom stereocenters. The number of hydrogen-bond acceptors (Lipinski definition) is 4. The summed E-state index contributed by atoms with van der Waals surface area (Å²) < 4.78 is 0. The number of carboxylic acid groups (broad SMARTS) is 2. The van der Waals surface area contributed by atoms with Gasteiger partial charge in [0.25, 0.3) is 0 Å². The van der Waals surface area contributed by atoms with Crippen molar-refractivity contribution in [3.05, 3.63) is 47.1 Å². The van der Waals surface area contributed by atoms with Crippen LogP contribution in [0.15, 0.2) is 47.1 Å². The Bertz CT molecular complexity index is 650. The molecule has 2 aliphatic carbocycles. The summed E-state index contributed by atoms with van der Waals surface area (Å²) in [7, 11) is 0. The lowest BCUT2D eigenvalue weighted by molar-refractivity contribution is -0.137. The maximum Gasteiger partial charge on any atom is 0.337 e. The van der Waals surface area contributed by atoms with E-state index in [1.165, 1.54) is 12.2 Å². The summed E-state index contributed by atoms with van der Waals surface area (Å²) in [6, 6.07) is 0. The summed E-state index contributed by atoms with van der Waals surface area (Å²) in [5.74, 6) is -3.47. The standard InChI is InChI=1S/C14H10O4S2/c15-13(16)10-5-4-9(11(12(10)20)14(17)18)7-2-1-3-8(19)6-7/h1-2,4-6,10H,3H2,(H,15,16)(H,17,18). The van der Waals surface area contributed by atoms with E-state index < -0.39 is 17.9 Å². The van der Waals surface area contributed by atoms with Gasteiger partial charge in [-0.25, -0.2) is 4.79 Å². The number of hydrogen-bond donors (Lipinski definition) is 2. The molecule has 0 amide bonds. The van der Waals surface area contributed by atoms with Crippen molar-refractivity contribution in [1.82, 2.24) is 0 Å². The van der Waals surface area contributed by atoms with E-state index in [9.17, 15) is 14.7 Å². The van der Waals surface area contributed by atoms with Gasteiger partial charge in [0.2, 0.25) is 0 Å². The minimum atomic E-state index is -1.23. The minimum Gasteiger partial charge on any atom is -0.481 e. The van der Waals surface area contributed by atoms with Gasteiger partial charge in [0.1, 0.15) is 5.92 Å². The van der Waals surface area contributed by atoms with Crippen LogP contribution in [0.1, 0.15) is 6.42 Å². The van der Waals surface area contributed by atoms with Crippen LogP contribution >= 0.6 is 24.4 Å². The SMILES string of the molecule is O=C(O)C1=C(C2=CC(=S)CC=C2)C=CC(C(=O)O)C1=S. The molecule has 0 fully saturated rings. The highest BCUT2D eigenvalue weighted by molar-refractivity contribution is 7.81. The van der Waals surface area contributed by atoms with Gasteiger partial charge in [-0.3, -0.25) is 4.79 Å². The molecule has 0 aromatic heterocycles. The van der Waals surface area contributed by atoms with E-state index in [-0.39, 0.29) is 10.4 Å². The van der Waals surface area contributed by atoms with E-state index in [1.54, 1.807) is 12.2 Å². The quantitative estimate of drug-likeness (QED) is 0.779. The van der Waals surface area contributed by atoms with Crippen LogP contribution in [0.25, 0.3) is 0 Å². The predicted octanol–water partition coefficient (Wildman–Crippen LogP) is 2.26. The smallest absolute Gasteiger partial charge is 0.337 e. The lowest BCUT2D eigenvalue weighted by Crippen LogP contribution is -2.28. The average Bonchev–Trinajstić information content (AvgIpc) is 2.37. The van der Waals surface area contributed by atoms with Crippen molar-refractivity contribution in [3.8, 4) is 0 Å². The molecule has 4 nitrogen and oxygen atoms in total. The fraction of sp³-hybridized carbons (Fsp3) is 0.143. The first-order valence-electron chi connectivity index (χ1n) is 5.76. The molecule has 0 heterocycles. The van der Waals surface area contributed by atoms with Crippen LogP contribution in [0.4, 0.5) is 0 Å². The maximum absolute atomic E-state index is 11.4. The predicted molar refractivity (Wildman–Crippen MR) is 82.0 cm³/mol. The molecule has 0 saturated carbocycles. The molecular weight excluding hydrogens is 296 g/mol. The first-order valence-corrected chi connectivity index (χ1v) is 6.57. The van der Waals surface area contributed by atoms with Gasteiger partial charge in [-0.1, -0.05) is 48.7 Å². The average molecular weight is 306 g/mol. The Hall–Kier alpha value is -1.92. The van der Waals surface area contributed by atoms with Crippen molar-refractivity contribution in [1.29, 1.82) is 0 Å². The van der Waals surface area contributed by atoms with Crippen molar-refractivity contribution in [3.63, 3.8) is 0 Å². The summed E-state index contributed by atoms with van der Waals surface area (Å²) in [4.78, 5) is 23.1. The Kier molecular flexibility index (Phi) is 4.06. The molecule has 2 rings (SSSR count). The zero-order valence-corrected chi connectivity index (χ0v) is 11.8. The zero-order valence-electron chi connectivity index (χ0n) is 10.2. The second-order valence-electron chi connectivity index (χ2n) is 4.31. The largest absolute Gasteiger partial charge is 0.481 e. The Morgan fingerprint density at radius 1 is 1.20 bits per heavy atom. The second-order valence-corrected chi connectivity index (χ2v) is 5.27. The Labute approximate surface area is 125 Å². The molecule has 1 atom stereocenters. The Balaban J connectivity index is 2.55. The fourth-order valence-corrected chi connectivity index (χ4v) is 2.66. The highest BCUT2D eigenvalue weighted by atomic mass is 32.1. The van der Waals surface area contributed by atoms with Crippen molar-refractivity contribution in [2.24, 2.45) is 5.92 Å². The molecule has 102 valence electrons. The number of carbonyl (C=O) groups is 2. The second kappa shape index (κ2) is 5.60. The van der Waals surface area contributed by atoms with Gasteiger partial charge < -0.3 is 10.2 Å². The number of carboxylic acids is 2. The normalized spacial score (nSPS) is 22.0. The van der Waals surface area contributed by atoms with Crippen molar-refractivity contribution < 1.29 is 19.8 Å². The molecule has 0 aromatic rings. The van der Waals surface area contributed by atoms with Crippen LogP contribution in [0.2, 0.25) is 0 Å². The summed E-state index contributed by atoms with van der Waals surface area (Å²) >= 11 is 10.1. The van der Waals surface area contributed by atoms with Gasteiger partial charge >= 0.3 is 11.9 Å². The van der Waals surface area contributed by atoms with Crippen molar-refractivity contribution in [2.75, 3.05) is 0 Å². The number of allylic oxidation sites excluding steroid dienone is 6. The molecule has 6 heteroatoms. The van der Waals surface area contributed by atoms with Crippen LogP contribution in [-0.2, 0) is 9.59 Å². The van der Waals surface area contributed by atoms with Gasteiger partial charge in [0, 0.05) is 16.1 Å². The summed E-state index contributed by atoms with van der Waals surface area (Å²) in [6.45, 7) is 0. The zero-order chi connectivity index (χ0) is 14.9. The maximum atomic E-state index is 11.4. The number of aliphatic carboxylic acids is 2. The highest BCUT2D eigenvalue weighted by Crippen LogP contribution is 2.29. The third kappa shape index (κ3) is 2.66. The lowest BCUT2D eigenvalue weighted by Gasteiger charge is -2.20. The fourth-order valence-electron chi connectivity index (χ4n) is 2.06. The van der Waals surface area contributed by atoms with Gasteiger partial charge in [-0.15, -0.1) is 0 Å². The molecule has 0 radical (unpaired) electrons. The van der Waals surface area contributed by atoms with E-state index in [1.807, 2.05) is 6.08 Å². The third-order valence-electron chi connectivity index (χ3n) is 2.98. The molecule has 20 heavy (non-hydrogen) atoms. The van der Waals surface area contributed by atoms with Gasteiger partial charge in [-0.2, -0.15) is 0 Å². The van der Waals surface area contributed by atoms with Gasteiger partial charge in [-0.05, 0) is 17.2 Å². The molecule has 0 saturated heterocycles. The Morgan fingerprint density at radius 2 is 1.90 bits per heavy atom. The summed E-state index contributed by atoms with van der Waals surface area (Å²) in [6.07, 6.45) is 8.84. The van der Waals surface area contributed by atoms with E-state index in [0.29, 0.717) is 22.4 Å². The monoisotopic (exact) mass is 306 g/mol. The van der Waals surface area contributed by atoms with Crippen molar-refractivity contribution in [2.45, 2.75) is 6.42 Å². The van der Waals surface area contributed by atoms with Crippen LogP contribution in [-0.4, -0.2) is 31.9 Å². The summed E-state index contributed by atoms with van der Waals surface area (Å²) in [5, 5.41) is 18.4. The lowest BCUT2D eigenvalue weighted by atomic mass is 9.85. The molecule has 0 bridgehead atoms. The van der Waals surface area contributed by atoms with E-state index in [2.05, 4.69) is 0 Å². The molecule has 0 spiro atoms. The van der Waals surface area contributed by atoms with E-state index in [4.69, 9.17) is 29.5 Å². The first-order chi connectivity index (χ1) is 9.41. The number of rotatable bonds is 3. The topological polar surface area (TPSA) is 74.6 Å². The van der Waals surface area contributed by atoms with Crippen LogP contribution in [0, 0.1) is 5.92 Å². The molecule has 2 aliphatic rings. The molecular formula is C14H10O4S2. The number of thiocarbonyl (C=S) groups is 2. The van der Waals surface area contributed by atoms with Crippen molar-refractivity contribution >= 4 is 46.1 Å². The van der Waals surface area contributed by atoms with Crippen LogP contribution in [0.3, 0.4) is 0 Å². The highest BCUT2D eigenvalue weighted by Gasteiger charge is 2.32. The van der Waals surface area contributed by atoms with E-state index in [0.717, 1.165) is 0 Å². The van der Waals surface area contributed by atoms with Gasteiger partial charge in [0.05, 0.1) is 5.57 Å². The van der Waals surface area contributed by atoms with Crippen LogP contribution in [0.5, 0.6) is 0 Å². The third-order valence-corrected chi connectivity index (χ3v) is 3.72. The minimum absolute atomic E-state index is 0.0895. The molecule has 0 aliphatic heterocycles. The summed E-state index contributed by atoms with van der Waals surface area (Å²) in [5.41, 5.74) is 0.898. The first kappa shape index (κ1) is 14.5. The van der Waals surface area contributed by atoms with Gasteiger partial charge in [0.15, 0.2) is 0 Å². The van der Waals surface area contributed by atoms with Crippen LogP contribution < -0.4 is 0 Å². The Morgan fingerprint density at radius 3 is 2.45 bits per heavy atom.